The van der Waals surface area contributed by atoms with E-state index < -0.39 is 0 Å². The van der Waals surface area contributed by atoms with Crippen LogP contribution in [-0.2, 0) is 6.42 Å². The summed E-state index contributed by atoms with van der Waals surface area (Å²) in [5.41, 5.74) is 1.14. The van der Waals surface area contributed by atoms with Gasteiger partial charge in [-0.05, 0) is 24.6 Å². The largest absolute Gasteiger partial charge is 0.292 e. The standard InChI is InChI=1S/C17H19N3O2/c1-11(2)15(21)17-19-9-7-13(20-17)10-12(3)16(22)14-6-4-5-8-18-14/h4-9,11-12H,10H2,1-3H3. The SMILES string of the molecule is CC(C)C(=O)c1nccc(CC(C)C(=O)c2ccccn2)n1. The van der Waals surface area contributed by atoms with Crippen molar-refractivity contribution >= 4 is 11.6 Å². The van der Waals surface area contributed by atoms with Crippen molar-refractivity contribution in [3.63, 3.8) is 0 Å². The zero-order chi connectivity index (χ0) is 16.1. The molecule has 0 N–H and O–H groups in total. The number of hydrogen-bond donors (Lipinski definition) is 0. The van der Waals surface area contributed by atoms with Gasteiger partial charge in [-0.25, -0.2) is 9.97 Å². The van der Waals surface area contributed by atoms with E-state index in [1.54, 1.807) is 36.7 Å². The Kier molecular flexibility index (Phi) is 5.09. The van der Waals surface area contributed by atoms with Gasteiger partial charge in [-0.1, -0.05) is 26.8 Å². The second-order valence-electron chi connectivity index (χ2n) is 5.57. The van der Waals surface area contributed by atoms with E-state index >= 15 is 0 Å². The van der Waals surface area contributed by atoms with Gasteiger partial charge in [0.1, 0.15) is 5.69 Å². The van der Waals surface area contributed by atoms with Crippen LogP contribution in [0.4, 0.5) is 0 Å². The number of carbonyl (C=O) groups excluding carboxylic acids is 2. The third kappa shape index (κ3) is 3.81. The molecule has 0 aromatic carbocycles. The zero-order valence-electron chi connectivity index (χ0n) is 13.0. The first-order valence-corrected chi connectivity index (χ1v) is 7.30. The predicted molar refractivity (Wildman–Crippen MR) is 82.6 cm³/mol. The molecule has 2 rings (SSSR count). The van der Waals surface area contributed by atoms with Crippen LogP contribution in [0.1, 0.15) is 47.6 Å². The summed E-state index contributed by atoms with van der Waals surface area (Å²) in [7, 11) is 0. The summed E-state index contributed by atoms with van der Waals surface area (Å²) in [6.45, 7) is 5.46. The Morgan fingerprint density at radius 1 is 1.00 bits per heavy atom. The van der Waals surface area contributed by atoms with Gasteiger partial charge in [0, 0.05) is 29.9 Å². The van der Waals surface area contributed by atoms with Crippen molar-refractivity contribution in [3.05, 3.63) is 53.9 Å². The fourth-order valence-electron chi connectivity index (χ4n) is 2.05. The highest BCUT2D eigenvalue weighted by Crippen LogP contribution is 2.12. The maximum absolute atomic E-state index is 12.3. The highest BCUT2D eigenvalue weighted by atomic mass is 16.1. The van der Waals surface area contributed by atoms with E-state index in [1.165, 1.54) is 0 Å². The first-order valence-electron chi connectivity index (χ1n) is 7.30. The van der Waals surface area contributed by atoms with E-state index in [-0.39, 0.29) is 29.2 Å². The minimum Gasteiger partial charge on any atom is -0.292 e. The maximum Gasteiger partial charge on any atom is 0.202 e. The Morgan fingerprint density at radius 3 is 2.41 bits per heavy atom. The van der Waals surface area contributed by atoms with Crippen molar-refractivity contribution in [1.82, 2.24) is 15.0 Å². The molecule has 0 fully saturated rings. The quantitative estimate of drug-likeness (QED) is 0.767. The molecule has 2 aromatic rings. The van der Waals surface area contributed by atoms with Crippen LogP contribution in [0.5, 0.6) is 0 Å². The fraction of sp³-hybridized carbons (Fsp3) is 0.353. The van der Waals surface area contributed by atoms with Gasteiger partial charge in [-0.2, -0.15) is 0 Å². The molecule has 5 nitrogen and oxygen atoms in total. The van der Waals surface area contributed by atoms with E-state index in [0.29, 0.717) is 17.8 Å². The first kappa shape index (κ1) is 15.9. The van der Waals surface area contributed by atoms with Crippen molar-refractivity contribution in [1.29, 1.82) is 0 Å². The van der Waals surface area contributed by atoms with Crippen LogP contribution in [0.3, 0.4) is 0 Å². The van der Waals surface area contributed by atoms with Gasteiger partial charge in [-0.3, -0.25) is 14.6 Å². The maximum atomic E-state index is 12.3. The van der Waals surface area contributed by atoms with Crippen LogP contribution in [-0.4, -0.2) is 26.5 Å². The number of hydrogen-bond acceptors (Lipinski definition) is 5. The topological polar surface area (TPSA) is 72.8 Å². The first-order chi connectivity index (χ1) is 10.5. The summed E-state index contributed by atoms with van der Waals surface area (Å²) in [5, 5.41) is 0. The van der Waals surface area contributed by atoms with Crippen molar-refractivity contribution in [2.45, 2.75) is 27.2 Å². The van der Waals surface area contributed by atoms with E-state index in [9.17, 15) is 9.59 Å². The van der Waals surface area contributed by atoms with Crippen LogP contribution in [0.2, 0.25) is 0 Å². The molecule has 0 saturated heterocycles. The molecule has 0 radical (unpaired) electrons. The molecule has 0 aliphatic carbocycles. The molecule has 0 aliphatic heterocycles. The molecule has 1 unspecified atom stereocenters. The number of carbonyl (C=O) groups is 2. The van der Waals surface area contributed by atoms with Gasteiger partial charge < -0.3 is 0 Å². The number of Topliss-reactive ketones (excluding diaryl/α,β-unsaturated/α-hetero) is 2. The number of nitrogens with zero attached hydrogens (tertiary/aromatic N) is 3. The molecule has 1 atom stereocenters. The van der Waals surface area contributed by atoms with Crippen molar-refractivity contribution in [3.8, 4) is 0 Å². The lowest BCUT2D eigenvalue weighted by Gasteiger charge is -2.10. The molecule has 22 heavy (non-hydrogen) atoms. The Balaban J connectivity index is 2.12. The second-order valence-corrected chi connectivity index (χ2v) is 5.57. The van der Waals surface area contributed by atoms with Gasteiger partial charge in [0.2, 0.25) is 5.78 Å². The minimum absolute atomic E-state index is 0.0315. The molecule has 5 heteroatoms. The summed E-state index contributed by atoms with van der Waals surface area (Å²) in [4.78, 5) is 36.6. The average molecular weight is 297 g/mol. The number of pyridine rings is 1. The van der Waals surface area contributed by atoms with Crippen LogP contribution >= 0.6 is 0 Å². The van der Waals surface area contributed by atoms with Gasteiger partial charge in [0.05, 0.1) is 0 Å². The molecule has 2 aromatic heterocycles. The molecule has 2 heterocycles. The highest BCUT2D eigenvalue weighted by Gasteiger charge is 2.19. The lowest BCUT2D eigenvalue weighted by atomic mass is 9.97. The van der Waals surface area contributed by atoms with Crippen LogP contribution in [0, 0.1) is 11.8 Å². The van der Waals surface area contributed by atoms with E-state index in [4.69, 9.17) is 0 Å². The van der Waals surface area contributed by atoms with E-state index in [1.807, 2.05) is 20.8 Å². The Morgan fingerprint density at radius 2 is 1.77 bits per heavy atom. The van der Waals surface area contributed by atoms with Gasteiger partial charge in [0.15, 0.2) is 11.6 Å². The zero-order valence-corrected chi connectivity index (χ0v) is 13.0. The molecule has 0 bridgehead atoms. The van der Waals surface area contributed by atoms with Crippen LogP contribution in [0.25, 0.3) is 0 Å². The summed E-state index contributed by atoms with van der Waals surface area (Å²) in [6.07, 6.45) is 3.62. The third-order valence-electron chi connectivity index (χ3n) is 3.34. The molecule has 0 saturated carbocycles. The van der Waals surface area contributed by atoms with Gasteiger partial charge >= 0.3 is 0 Å². The lowest BCUT2D eigenvalue weighted by Crippen LogP contribution is -2.18. The smallest absolute Gasteiger partial charge is 0.202 e. The molecule has 114 valence electrons. The summed E-state index contributed by atoms with van der Waals surface area (Å²) < 4.78 is 0. The molecule has 0 aliphatic rings. The summed E-state index contributed by atoms with van der Waals surface area (Å²) in [6, 6.07) is 7.00. The number of ketones is 2. The highest BCUT2D eigenvalue weighted by molar-refractivity contribution is 5.96. The van der Waals surface area contributed by atoms with Crippen molar-refractivity contribution < 1.29 is 9.59 Å². The Hall–Kier alpha value is -2.43. The second kappa shape index (κ2) is 7.02. The van der Waals surface area contributed by atoms with Gasteiger partial charge in [0.25, 0.3) is 0 Å². The lowest BCUT2D eigenvalue weighted by molar-refractivity contribution is 0.0922. The molecular formula is C17H19N3O2. The summed E-state index contributed by atoms with van der Waals surface area (Å²) >= 11 is 0. The monoisotopic (exact) mass is 297 g/mol. The van der Waals surface area contributed by atoms with Crippen LogP contribution < -0.4 is 0 Å². The number of rotatable bonds is 6. The molecule has 0 amide bonds. The van der Waals surface area contributed by atoms with Crippen molar-refractivity contribution in [2.75, 3.05) is 0 Å². The fourth-order valence-corrected chi connectivity index (χ4v) is 2.05. The van der Waals surface area contributed by atoms with E-state index in [2.05, 4.69) is 15.0 Å². The Labute approximate surface area is 129 Å². The third-order valence-corrected chi connectivity index (χ3v) is 3.34. The Bertz CT molecular complexity index is 669. The minimum atomic E-state index is -0.258. The number of aromatic nitrogens is 3. The average Bonchev–Trinajstić information content (AvgIpc) is 2.54. The van der Waals surface area contributed by atoms with Crippen LogP contribution in [0.15, 0.2) is 36.7 Å². The predicted octanol–water partition coefficient (Wildman–Crippen LogP) is 2.77. The van der Waals surface area contributed by atoms with E-state index in [0.717, 1.165) is 0 Å². The molecule has 0 spiro atoms. The molecular weight excluding hydrogens is 278 g/mol. The van der Waals surface area contributed by atoms with Crippen molar-refractivity contribution in [2.24, 2.45) is 11.8 Å². The van der Waals surface area contributed by atoms with Gasteiger partial charge in [-0.15, -0.1) is 0 Å². The normalized spacial score (nSPS) is 12.2. The summed E-state index contributed by atoms with van der Waals surface area (Å²) in [5.74, 6) is -0.318.